The molecular weight excluding hydrogens is 270 g/mol. The lowest BCUT2D eigenvalue weighted by molar-refractivity contribution is 0.0730. The molecule has 2 aromatic rings. The summed E-state index contributed by atoms with van der Waals surface area (Å²) >= 11 is 1.20. The number of carbonyl (C=O) groups is 1. The molecule has 2 heterocycles. The van der Waals surface area contributed by atoms with Gasteiger partial charge in [0.25, 0.3) is 5.91 Å². The van der Waals surface area contributed by atoms with Crippen LogP contribution >= 0.6 is 11.5 Å². The molecule has 0 N–H and O–H groups in total. The third-order valence-corrected chi connectivity index (χ3v) is 4.36. The zero-order valence-electron chi connectivity index (χ0n) is 11.5. The minimum Gasteiger partial charge on any atom is -0.338 e. The molecule has 0 atom stereocenters. The third-order valence-electron chi connectivity index (χ3n) is 3.65. The van der Waals surface area contributed by atoms with Crippen LogP contribution in [0, 0.1) is 6.92 Å². The fraction of sp³-hybridized carbons (Fsp3) is 0.400. The van der Waals surface area contributed by atoms with Gasteiger partial charge in [0.2, 0.25) is 0 Å². The van der Waals surface area contributed by atoms with E-state index in [4.69, 9.17) is 0 Å². The van der Waals surface area contributed by atoms with Crippen LogP contribution < -0.4 is 0 Å². The zero-order chi connectivity index (χ0) is 13.9. The number of amides is 1. The number of aryl methyl sites for hydroxylation is 1. The molecule has 0 unspecified atom stereocenters. The van der Waals surface area contributed by atoms with Crippen LogP contribution in [-0.2, 0) is 0 Å². The van der Waals surface area contributed by atoms with Crippen LogP contribution in [0.5, 0.6) is 0 Å². The van der Waals surface area contributed by atoms with Crippen molar-refractivity contribution in [2.45, 2.75) is 26.2 Å². The van der Waals surface area contributed by atoms with Gasteiger partial charge in [-0.15, -0.1) is 5.10 Å². The zero-order valence-corrected chi connectivity index (χ0v) is 12.3. The van der Waals surface area contributed by atoms with Gasteiger partial charge in [0.15, 0.2) is 0 Å². The number of piperidine rings is 1. The van der Waals surface area contributed by atoms with E-state index in [0.717, 1.165) is 31.5 Å². The highest BCUT2D eigenvalue weighted by molar-refractivity contribution is 7.08. The molecule has 0 saturated carbocycles. The summed E-state index contributed by atoms with van der Waals surface area (Å²) < 4.78 is 3.98. The quantitative estimate of drug-likeness (QED) is 0.852. The maximum atomic E-state index is 12.6. The second-order valence-electron chi connectivity index (χ2n) is 5.17. The molecule has 0 spiro atoms. The van der Waals surface area contributed by atoms with Gasteiger partial charge in [0, 0.05) is 18.7 Å². The molecular formula is C15H17N3OS. The molecule has 0 aliphatic carbocycles. The van der Waals surface area contributed by atoms with Gasteiger partial charge < -0.3 is 4.90 Å². The van der Waals surface area contributed by atoms with Crippen molar-refractivity contribution < 1.29 is 4.79 Å². The van der Waals surface area contributed by atoms with Crippen LogP contribution in [0.15, 0.2) is 24.3 Å². The first-order chi connectivity index (χ1) is 9.75. The first-order valence-corrected chi connectivity index (χ1v) is 7.72. The normalized spacial score (nSPS) is 15.3. The molecule has 20 heavy (non-hydrogen) atoms. The smallest absolute Gasteiger partial charge is 0.267 e. The monoisotopic (exact) mass is 287 g/mol. The fourth-order valence-electron chi connectivity index (χ4n) is 2.47. The van der Waals surface area contributed by atoms with Gasteiger partial charge in [-0.25, -0.2) is 0 Å². The summed E-state index contributed by atoms with van der Waals surface area (Å²) in [5, 5.41) is 4.15. The second-order valence-corrected chi connectivity index (χ2v) is 5.92. The average molecular weight is 287 g/mol. The van der Waals surface area contributed by atoms with Crippen molar-refractivity contribution in [2.75, 3.05) is 13.1 Å². The Morgan fingerprint density at radius 1 is 1.15 bits per heavy atom. The largest absolute Gasteiger partial charge is 0.338 e. The third kappa shape index (κ3) is 2.58. The van der Waals surface area contributed by atoms with Gasteiger partial charge >= 0.3 is 0 Å². The maximum absolute atomic E-state index is 12.6. The second kappa shape index (κ2) is 5.71. The Balaban J connectivity index is 1.89. The van der Waals surface area contributed by atoms with E-state index < -0.39 is 0 Å². The number of benzene rings is 1. The van der Waals surface area contributed by atoms with Crippen LogP contribution in [-0.4, -0.2) is 33.5 Å². The van der Waals surface area contributed by atoms with Crippen LogP contribution in [0.1, 0.15) is 34.5 Å². The number of aromatic nitrogens is 2. The number of carbonyl (C=O) groups excluding carboxylic acids is 1. The van der Waals surface area contributed by atoms with Gasteiger partial charge in [0.05, 0.1) is 0 Å². The van der Waals surface area contributed by atoms with E-state index in [-0.39, 0.29) is 5.91 Å². The molecule has 1 aliphatic rings. The number of nitrogens with zero attached hydrogens (tertiary/aromatic N) is 3. The molecule has 1 aromatic carbocycles. The molecule has 1 aromatic heterocycles. The predicted octanol–water partition coefficient (Wildman–Crippen LogP) is 3.14. The number of hydrogen-bond donors (Lipinski definition) is 0. The lowest BCUT2D eigenvalue weighted by atomic mass is 10.1. The molecule has 0 radical (unpaired) electrons. The molecule has 4 nitrogen and oxygen atoms in total. The van der Waals surface area contributed by atoms with Crippen molar-refractivity contribution >= 4 is 17.4 Å². The maximum Gasteiger partial charge on any atom is 0.267 e. The van der Waals surface area contributed by atoms with Gasteiger partial charge in [-0.05, 0) is 37.7 Å². The Kier molecular flexibility index (Phi) is 3.78. The molecule has 5 heteroatoms. The first kappa shape index (κ1) is 13.2. The van der Waals surface area contributed by atoms with E-state index in [0.29, 0.717) is 10.6 Å². The highest BCUT2D eigenvalue weighted by Gasteiger charge is 2.24. The summed E-state index contributed by atoms with van der Waals surface area (Å²) in [5.41, 5.74) is 2.87. The minimum absolute atomic E-state index is 0.0790. The Bertz CT molecular complexity index is 600. The summed E-state index contributed by atoms with van der Waals surface area (Å²) in [7, 11) is 0. The van der Waals surface area contributed by atoms with Gasteiger partial charge in [0.1, 0.15) is 10.6 Å². The Hall–Kier alpha value is -1.75. The molecule has 1 fully saturated rings. The molecule has 104 valence electrons. The highest BCUT2D eigenvalue weighted by atomic mass is 32.1. The van der Waals surface area contributed by atoms with Gasteiger partial charge in [-0.1, -0.05) is 34.3 Å². The molecule has 1 amide bonds. The van der Waals surface area contributed by atoms with Crippen molar-refractivity contribution in [3.63, 3.8) is 0 Å². The molecule has 1 aliphatic heterocycles. The summed E-state index contributed by atoms with van der Waals surface area (Å²) in [6.45, 7) is 3.75. The van der Waals surface area contributed by atoms with E-state index in [1.54, 1.807) is 0 Å². The van der Waals surface area contributed by atoms with E-state index in [9.17, 15) is 4.79 Å². The van der Waals surface area contributed by atoms with Crippen LogP contribution in [0.4, 0.5) is 0 Å². The fourth-order valence-corrected chi connectivity index (χ4v) is 3.13. The van der Waals surface area contributed by atoms with Crippen molar-refractivity contribution in [3.05, 3.63) is 34.7 Å². The SMILES string of the molecule is Cc1ccc(-c2nnsc2C(=O)N2CCCCC2)cc1. The van der Waals surface area contributed by atoms with E-state index in [2.05, 4.69) is 9.59 Å². The van der Waals surface area contributed by atoms with Crippen molar-refractivity contribution in [1.29, 1.82) is 0 Å². The van der Waals surface area contributed by atoms with Gasteiger partial charge in [-0.3, -0.25) is 4.79 Å². The van der Waals surface area contributed by atoms with Crippen LogP contribution in [0.3, 0.4) is 0 Å². The summed E-state index contributed by atoms with van der Waals surface area (Å²) in [6.07, 6.45) is 3.41. The molecule has 1 saturated heterocycles. The van der Waals surface area contributed by atoms with Crippen molar-refractivity contribution in [1.82, 2.24) is 14.5 Å². The van der Waals surface area contributed by atoms with Crippen LogP contribution in [0.25, 0.3) is 11.3 Å². The number of rotatable bonds is 2. The Morgan fingerprint density at radius 3 is 2.55 bits per heavy atom. The van der Waals surface area contributed by atoms with E-state index in [1.165, 1.54) is 23.5 Å². The molecule has 0 bridgehead atoms. The summed E-state index contributed by atoms with van der Waals surface area (Å²) in [6, 6.07) is 8.06. The minimum atomic E-state index is 0.0790. The van der Waals surface area contributed by atoms with E-state index >= 15 is 0 Å². The Labute approximate surface area is 122 Å². The number of hydrogen-bond acceptors (Lipinski definition) is 4. The van der Waals surface area contributed by atoms with Crippen LogP contribution in [0.2, 0.25) is 0 Å². The lowest BCUT2D eigenvalue weighted by Gasteiger charge is -2.26. The van der Waals surface area contributed by atoms with Crippen molar-refractivity contribution in [3.8, 4) is 11.3 Å². The average Bonchev–Trinajstić information content (AvgIpc) is 2.97. The standard InChI is InChI=1S/C15H17N3OS/c1-11-5-7-12(8-6-11)13-14(20-17-16-13)15(19)18-9-3-2-4-10-18/h5-8H,2-4,9-10H2,1H3. The summed E-state index contributed by atoms with van der Waals surface area (Å²) in [4.78, 5) is 15.2. The highest BCUT2D eigenvalue weighted by Crippen LogP contribution is 2.26. The lowest BCUT2D eigenvalue weighted by Crippen LogP contribution is -2.35. The Morgan fingerprint density at radius 2 is 1.85 bits per heavy atom. The van der Waals surface area contributed by atoms with E-state index in [1.807, 2.05) is 36.1 Å². The topological polar surface area (TPSA) is 46.1 Å². The molecule has 3 rings (SSSR count). The predicted molar refractivity (Wildman–Crippen MR) is 79.8 cm³/mol. The summed E-state index contributed by atoms with van der Waals surface area (Å²) in [5.74, 6) is 0.0790. The van der Waals surface area contributed by atoms with Crippen molar-refractivity contribution in [2.24, 2.45) is 0 Å². The first-order valence-electron chi connectivity index (χ1n) is 6.94. The van der Waals surface area contributed by atoms with Gasteiger partial charge in [-0.2, -0.15) is 0 Å². The number of likely N-dealkylation sites (tertiary alicyclic amines) is 1.